The van der Waals surface area contributed by atoms with Gasteiger partial charge in [-0.1, -0.05) is 29.8 Å². The summed E-state index contributed by atoms with van der Waals surface area (Å²) in [5.41, 5.74) is 9.22. The van der Waals surface area contributed by atoms with E-state index in [9.17, 15) is 4.39 Å². The first-order valence-electron chi connectivity index (χ1n) is 6.44. The lowest BCUT2D eigenvalue weighted by Gasteiger charge is -2.16. The molecule has 0 spiro atoms. The molecule has 106 valence electrons. The average molecular weight is 293 g/mol. The van der Waals surface area contributed by atoms with Gasteiger partial charge in [-0.15, -0.1) is 0 Å². The summed E-state index contributed by atoms with van der Waals surface area (Å²) in [6, 6.07) is 12.3. The standard InChI is InChI=1S/C16H18ClFN2/c1-20(2)14-7-4-11(5-8-14)16(19)9-12-3-6-13(18)10-15(12)17/h3-8,10,16H,9,19H2,1-2H3. The molecule has 0 aromatic heterocycles. The monoisotopic (exact) mass is 292 g/mol. The van der Waals surface area contributed by atoms with Crippen LogP contribution in [0.1, 0.15) is 17.2 Å². The molecule has 0 aliphatic rings. The van der Waals surface area contributed by atoms with Gasteiger partial charge in [-0.3, -0.25) is 0 Å². The molecule has 1 atom stereocenters. The van der Waals surface area contributed by atoms with Crippen molar-refractivity contribution in [2.24, 2.45) is 5.73 Å². The highest BCUT2D eigenvalue weighted by Crippen LogP contribution is 2.24. The van der Waals surface area contributed by atoms with E-state index in [1.165, 1.54) is 12.1 Å². The molecule has 2 aromatic carbocycles. The smallest absolute Gasteiger partial charge is 0.124 e. The Morgan fingerprint density at radius 2 is 1.80 bits per heavy atom. The zero-order valence-corrected chi connectivity index (χ0v) is 12.4. The van der Waals surface area contributed by atoms with Crippen LogP contribution in [0.3, 0.4) is 0 Å². The second-order valence-electron chi connectivity index (χ2n) is 5.03. The number of benzene rings is 2. The fraction of sp³-hybridized carbons (Fsp3) is 0.250. The molecule has 1 unspecified atom stereocenters. The highest BCUT2D eigenvalue weighted by Gasteiger charge is 2.10. The van der Waals surface area contributed by atoms with E-state index in [1.54, 1.807) is 6.07 Å². The van der Waals surface area contributed by atoms with Crippen molar-refractivity contribution in [3.05, 3.63) is 64.4 Å². The van der Waals surface area contributed by atoms with Crippen LogP contribution in [0.25, 0.3) is 0 Å². The molecule has 0 bridgehead atoms. The number of rotatable bonds is 4. The van der Waals surface area contributed by atoms with E-state index in [0.29, 0.717) is 11.4 Å². The lowest BCUT2D eigenvalue weighted by Crippen LogP contribution is -2.14. The van der Waals surface area contributed by atoms with Gasteiger partial charge in [0.25, 0.3) is 0 Å². The molecule has 0 aliphatic heterocycles. The van der Waals surface area contributed by atoms with Gasteiger partial charge in [-0.05, 0) is 41.8 Å². The normalized spacial score (nSPS) is 12.2. The van der Waals surface area contributed by atoms with Crippen LogP contribution in [0, 0.1) is 5.82 Å². The Kier molecular flexibility index (Phi) is 4.63. The third kappa shape index (κ3) is 3.50. The third-order valence-electron chi connectivity index (χ3n) is 3.29. The Hall–Kier alpha value is -1.58. The topological polar surface area (TPSA) is 29.3 Å². The largest absolute Gasteiger partial charge is 0.378 e. The van der Waals surface area contributed by atoms with Crippen molar-refractivity contribution in [3.63, 3.8) is 0 Å². The van der Waals surface area contributed by atoms with Crippen LogP contribution in [0.2, 0.25) is 5.02 Å². The minimum atomic E-state index is -0.331. The van der Waals surface area contributed by atoms with Crippen molar-refractivity contribution in [2.75, 3.05) is 19.0 Å². The SMILES string of the molecule is CN(C)c1ccc(C(N)Cc2ccc(F)cc2Cl)cc1. The first kappa shape index (κ1) is 14.8. The van der Waals surface area contributed by atoms with Crippen LogP contribution in [0.5, 0.6) is 0 Å². The number of halogens is 2. The molecule has 0 radical (unpaired) electrons. The van der Waals surface area contributed by atoms with Gasteiger partial charge in [0.15, 0.2) is 0 Å². The Bertz CT molecular complexity index is 582. The third-order valence-corrected chi connectivity index (χ3v) is 3.64. The molecule has 2 nitrogen and oxygen atoms in total. The molecule has 2 aromatic rings. The Labute approximate surface area is 124 Å². The Balaban J connectivity index is 2.13. The van der Waals surface area contributed by atoms with E-state index in [1.807, 2.05) is 43.3 Å². The van der Waals surface area contributed by atoms with Crippen molar-refractivity contribution >= 4 is 17.3 Å². The van der Waals surface area contributed by atoms with E-state index >= 15 is 0 Å². The van der Waals surface area contributed by atoms with Crippen molar-refractivity contribution in [3.8, 4) is 0 Å². The quantitative estimate of drug-likeness (QED) is 0.929. The van der Waals surface area contributed by atoms with Crippen LogP contribution in [-0.4, -0.2) is 14.1 Å². The van der Waals surface area contributed by atoms with Crippen LogP contribution < -0.4 is 10.6 Å². The highest BCUT2D eigenvalue weighted by atomic mass is 35.5. The molecule has 0 heterocycles. The van der Waals surface area contributed by atoms with E-state index in [2.05, 4.69) is 0 Å². The fourth-order valence-corrected chi connectivity index (χ4v) is 2.31. The van der Waals surface area contributed by atoms with Gasteiger partial charge in [0.1, 0.15) is 5.82 Å². The van der Waals surface area contributed by atoms with Gasteiger partial charge in [0.2, 0.25) is 0 Å². The second-order valence-corrected chi connectivity index (χ2v) is 5.44. The number of hydrogen-bond donors (Lipinski definition) is 1. The summed E-state index contributed by atoms with van der Waals surface area (Å²) in [5.74, 6) is -0.331. The molecule has 2 N–H and O–H groups in total. The summed E-state index contributed by atoms with van der Waals surface area (Å²) >= 11 is 6.03. The van der Waals surface area contributed by atoms with Crippen LogP contribution >= 0.6 is 11.6 Å². The maximum Gasteiger partial charge on any atom is 0.124 e. The Morgan fingerprint density at radius 3 is 2.35 bits per heavy atom. The van der Waals surface area contributed by atoms with Gasteiger partial charge < -0.3 is 10.6 Å². The zero-order valence-electron chi connectivity index (χ0n) is 11.6. The summed E-state index contributed by atoms with van der Waals surface area (Å²) in [7, 11) is 3.99. The molecule has 20 heavy (non-hydrogen) atoms. The Morgan fingerprint density at radius 1 is 1.15 bits per heavy atom. The molecule has 0 fully saturated rings. The summed E-state index contributed by atoms with van der Waals surface area (Å²) < 4.78 is 13.0. The summed E-state index contributed by atoms with van der Waals surface area (Å²) in [6.45, 7) is 0. The van der Waals surface area contributed by atoms with E-state index in [4.69, 9.17) is 17.3 Å². The van der Waals surface area contributed by atoms with Crippen molar-refractivity contribution in [2.45, 2.75) is 12.5 Å². The number of anilines is 1. The molecule has 0 saturated heterocycles. The molecule has 0 amide bonds. The minimum Gasteiger partial charge on any atom is -0.378 e. The minimum absolute atomic E-state index is 0.158. The first-order chi connectivity index (χ1) is 9.47. The van der Waals surface area contributed by atoms with Gasteiger partial charge in [-0.2, -0.15) is 0 Å². The summed E-state index contributed by atoms with van der Waals surface area (Å²) in [6.07, 6.45) is 0.584. The number of nitrogens with zero attached hydrogens (tertiary/aromatic N) is 1. The molecule has 4 heteroatoms. The number of nitrogens with two attached hydrogens (primary N) is 1. The first-order valence-corrected chi connectivity index (χ1v) is 6.82. The van der Waals surface area contributed by atoms with E-state index < -0.39 is 0 Å². The average Bonchev–Trinajstić information content (AvgIpc) is 2.42. The summed E-state index contributed by atoms with van der Waals surface area (Å²) in [4.78, 5) is 2.03. The molecule has 0 aliphatic carbocycles. The van der Waals surface area contributed by atoms with Crippen molar-refractivity contribution in [1.82, 2.24) is 0 Å². The highest BCUT2D eigenvalue weighted by molar-refractivity contribution is 6.31. The fourth-order valence-electron chi connectivity index (χ4n) is 2.06. The molecular formula is C16H18ClFN2. The van der Waals surface area contributed by atoms with Crippen molar-refractivity contribution < 1.29 is 4.39 Å². The molecule has 2 rings (SSSR count). The predicted molar refractivity (Wildman–Crippen MR) is 82.8 cm³/mol. The lowest BCUT2D eigenvalue weighted by molar-refractivity contribution is 0.625. The predicted octanol–water partition coefficient (Wildman–Crippen LogP) is 3.79. The van der Waals surface area contributed by atoms with E-state index in [0.717, 1.165) is 16.8 Å². The van der Waals surface area contributed by atoms with Gasteiger partial charge >= 0.3 is 0 Å². The summed E-state index contributed by atoms with van der Waals surface area (Å²) in [5, 5.41) is 0.422. The van der Waals surface area contributed by atoms with Gasteiger partial charge in [0, 0.05) is 30.8 Å². The van der Waals surface area contributed by atoms with E-state index in [-0.39, 0.29) is 11.9 Å². The van der Waals surface area contributed by atoms with Gasteiger partial charge in [-0.25, -0.2) is 4.39 Å². The maximum absolute atomic E-state index is 13.0. The molecular weight excluding hydrogens is 275 g/mol. The lowest BCUT2D eigenvalue weighted by atomic mass is 9.99. The van der Waals surface area contributed by atoms with Gasteiger partial charge in [0.05, 0.1) is 0 Å². The van der Waals surface area contributed by atoms with Crippen LogP contribution in [0.15, 0.2) is 42.5 Å². The van der Waals surface area contributed by atoms with Crippen LogP contribution in [-0.2, 0) is 6.42 Å². The molecule has 0 saturated carbocycles. The zero-order chi connectivity index (χ0) is 14.7. The second kappa shape index (κ2) is 6.25. The number of hydrogen-bond acceptors (Lipinski definition) is 2. The van der Waals surface area contributed by atoms with Crippen molar-refractivity contribution in [1.29, 1.82) is 0 Å². The maximum atomic E-state index is 13.0. The van der Waals surface area contributed by atoms with Crippen LogP contribution in [0.4, 0.5) is 10.1 Å².